The molecule has 0 spiro atoms. The minimum absolute atomic E-state index is 0. The Morgan fingerprint density at radius 3 is 2.84 bits per heavy atom. The van der Waals surface area contributed by atoms with Gasteiger partial charge in [-0.2, -0.15) is 0 Å². The molecule has 1 atom stereocenters. The summed E-state index contributed by atoms with van der Waals surface area (Å²) in [6.45, 7) is 4.86. The van der Waals surface area contributed by atoms with Gasteiger partial charge >= 0.3 is 0 Å². The SMILES string of the molecule is CCc1cnc(CNC(=NC)NC(C)c2cc3ccccc3o2)s1.I. The van der Waals surface area contributed by atoms with Crippen LogP contribution in [0.15, 0.2) is 45.9 Å². The molecule has 1 unspecified atom stereocenters. The summed E-state index contributed by atoms with van der Waals surface area (Å²) >= 11 is 1.73. The van der Waals surface area contributed by atoms with E-state index in [1.54, 1.807) is 18.4 Å². The molecule has 0 fully saturated rings. The number of nitrogens with one attached hydrogen (secondary N) is 2. The number of benzene rings is 1. The van der Waals surface area contributed by atoms with Crippen molar-refractivity contribution in [1.29, 1.82) is 0 Å². The minimum atomic E-state index is 0. The number of thiazole rings is 1. The first-order valence-electron chi connectivity index (χ1n) is 8.08. The molecule has 3 rings (SSSR count). The molecule has 2 aromatic heterocycles. The van der Waals surface area contributed by atoms with E-state index in [4.69, 9.17) is 4.42 Å². The zero-order valence-corrected chi connectivity index (χ0v) is 17.7. The van der Waals surface area contributed by atoms with E-state index in [0.717, 1.165) is 34.1 Å². The fraction of sp³-hybridized carbons (Fsp3) is 0.333. The summed E-state index contributed by atoms with van der Waals surface area (Å²) < 4.78 is 5.90. The van der Waals surface area contributed by atoms with Gasteiger partial charge in [0.1, 0.15) is 16.4 Å². The van der Waals surface area contributed by atoms with E-state index in [1.807, 2.05) is 24.4 Å². The van der Waals surface area contributed by atoms with E-state index in [-0.39, 0.29) is 30.0 Å². The van der Waals surface area contributed by atoms with Gasteiger partial charge in [-0.25, -0.2) is 4.98 Å². The molecule has 2 N–H and O–H groups in total. The van der Waals surface area contributed by atoms with Crippen LogP contribution in [-0.2, 0) is 13.0 Å². The van der Waals surface area contributed by atoms with Crippen molar-refractivity contribution in [3.8, 4) is 0 Å². The van der Waals surface area contributed by atoms with Crippen LogP contribution in [0.2, 0.25) is 0 Å². The lowest BCUT2D eigenvalue weighted by Gasteiger charge is -2.15. The van der Waals surface area contributed by atoms with Crippen molar-refractivity contribution in [3.05, 3.63) is 52.2 Å². The number of fused-ring (bicyclic) bond motifs is 1. The van der Waals surface area contributed by atoms with Gasteiger partial charge in [-0.1, -0.05) is 25.1 Å². The Morgan fingerprint density at radius 1 is 1.36 bits per heavy atom. The number of halogens is 1. The molecule has 134 valence electrons. The number of aromatic nitrogens is 1. The third kappa shape index (κ3) is 4.94. The number of rotatable bonds is 5. The molecular formula is C18H23IN4OS. The van der Waals surface area contributed by atoms with Crippen molar-refractivity contribution >= 4 is 52.2 Å². The Hall–Kier alpha value is -1.61. The minimum Gasteiger partial charge on any atom is -0.459 e. The van der Waals surface area contributed by atoms with Crippen LogP contribution < -0.4 is 10.6 Å². The maximum absolute atomic E-state index is 5.90. The summed E-state index contributed by atoms with van der Waals surface area (Å²) in [5.41, 5.74) is 0.902. The first kappa shape index (κ1) is 19.7. The molecule has 1 aromatic carbocycles. The molecule has 2 heterocycles. The van der Waals surface area contributed by atoms with E-state index in [0.29, 0.717) is 6.54 Å². The summed E-state index contributed by atoms with van der Waals surface area (Å²) in [5.74, 6) is 1.62. The number of para-hydroxylation sites is 1. The lowest BCUT2D eigenvalue weighted by atomic mass is 10.2. The van der Waals surface area contributed by atoms with Gasteiger partial charge in [0.25, 0.3) is 0 Å². The molecule has 0 radical (unpaired) electrons. The number of hydrogen-bond donors (Lipinski definition) is 2. The van der Waals surface area contributed by atoms with Gasteiger partial charge < -0.3 is 15.1 Å². The number of nitrogens with zero attached hydrogens (tertiary/aromatic N) is 2. The van der Waals surface area contributed by atoms with Gasteiger partial charge in [0.05, 0.1) is 12.6 Å². The fourth-order valence-electron chi connectivity index (χ4n) is 2.44. The van der Waals surface area contributed by atoms with Crippen molar-refractivity contribution < 1.29 is 4.42 Å². The van der Waals surface area contributed by atoms with Gasteiger partial charge in [0.2, 0.25) is 0 Å². The standard InChI is InChI=1S/C18H22N4OS.HI/c1-4-14-10-20-17(24-14)11-21-18(19-3)22-12(2)16-9-13-7-5-6-8-15(13)23-16;/h5-10,12H,4,11H2,1-3H3,(H2,19,21,22);1H. The van der Waals surface area contributed by atoms with E-state index in [2.05, 4.69) is 46.6 Å². The van der Waals surface area contributed by atoms with E-state index < -0.39 is 0 Å². The second-order valence-corrected chi connectivity index (χ2v) is 6.75. The molecule has 0 aliphatic heterocycles. The average molecular weight is 470 g/mol. The van der Waals surface area contributed by atoms with Crippen LogP contribution in [0, 0.1) is 0 Å². The van der Waals surface area contributed by atoms with Crippen molar-refractivity contribution in [1.82, 2.24) is 15.6 Å². The highest BCUT2D eigenvalue weighted by atomic mass is 127. The lowest BCUT2D eigenvalue weighted by Crippen LogP contribution is -2.38. The highest BCUT2D eigenvalue weighted by molar-refractivity contribution is 14.0. The molecule has 0 amide bonds. The van der Waals surface area contributed by atoms with Crippen molar-refractivity contribution in [2.45, 2.75) is 32.9 Å². The van der Waals surface area contributed by atoms with Gasteiger partial charge in [-0.3, -0.25) is 4.99 Å². The Labute approximate surface area is 169 Å². The normalized spacial score (nSPS) is 12.7. The van der Waals surface area contributed by atoms with Crippen molar-refractivity contribution in [2.75, 3.05) is 7.05 Å². The van der Waals surface area contributed by atoms with Gasteiger partial charge in [-0.15, -0.1) is 35.3 Å². The smallest absolute Gasteiger partial charge is 0.191 e. The molecule has 5 nitrogen and oxygen atoms in total. The van der Waals surface area contributed by atoms with E-state index >= 15 is 0 Å². The largest absolute Gasteiger partial charge is 0.459 e. The second kappa shape index (κ2) is 9.19. The molecule has 0 saturated carbocycles. The first-order chi connectivity index (χ1) is 11.7. The zero-order valence-electron chi connectivity index (χ0n) is 14.6. The quantitative estimate of drug-likeness (QED) is 0.328. The molecule has 25 heavy (non-hydrogen) atoms. The summed E-state index contributed by atoms with van der Waals surface area (Å²) in [4.78, 5) is 9.99. The maximum Gasteiger partial charge on any atom is 0.191 e. The Morgan fingerprint density at radius 2 is 2.16 bits per heavy atom. The molecular weight excluding hydrogens is 447 g/mol. The second-order valence-electron chi connectivity index (χ2n) is 5.55. The summed E-state index contributed by atoms with van der Waals surface area (Å²) in [7, 11) is 1.76. The monoisotopic (exact) mass is 470 g/mol. The fourth-order valence-corrected chi connectivity index (χ4v) is 3.24. The average Bonchev–Trinajstić information content (AvgIpc) is 3.24. The van der Waals surface area contributed by atoms with Crippen LogP contribution in [0.25, 0.3) is 11.0 Å². The Balaban J connectivity index is 0.00000225. The van der Waals surface area contributed by atoms with Gasteiger partial charge in [-0.05, 0) is 25.5 Å². The number of aliphatic imine (C=N–C) groups is 1. The number of furan rings is 1. The summed E-state index contributed by atoms with van der Waals surface area (Å²) in [5, 5.41) is 8.83. The van der Waals surface area contributed by atoms with Crippen molar-refractivity contribution in [2.24, 2.45) is 4.99 Å². The van der Waals surface area contributed by atoms with Crippen LogP contribution >= 0.6 is 35.3 Å². The van der Waals surface area contributed by atoms with Crippen LogP contribution in [0.1, 0.15) is 35.5 Å². The lowest BCUT2D eigenvalue weighted by molar-refractivity contribution is 0.488. The number of aryl methyl sites for hydroxylation is 1. The van der Waals surface area contributed by atoms with Crippen LogP contribution in [-0.4, -0.2) is 18.0 Å². The van der Waals surface area contributed by atoms with Crippen LogP contribution in [0.3, 0.4) is 0 Å². The maximum atomic E-state index is 5.90. The topological polar surface area (TPSA) is 62.5 Å². The zero-order chi connectivity index (χ0) is 16.9. The third-order valence-electron chi connectivity index (χ3n) is 3.81. The predicted octanol–water partition coefficient (Wildman–Crippen LogP) is 4.50. The highest BCUT2D eigenvalue weighted by Gasteiger charge is 2.13. The highest BCUT2D eigenvalue weighted by Crippen LogP contribution is 2.23. The predicted molar refractivity (Wildman–Crippen MR) is 115 cm³/mol. The Bertz CT molecular complexity index is 809. The molecule has 0 aliphatic rings. The third-order valence-corrected chi connectivity index (χ3v) is 4.95. The van der Waals surface area contributed by atoms with E-state index in [9.17, 15) is 0 Å². The van der Waals surface area contributed by atoms with Crippen molar-refractivity contribution in [3.63, 3.8) is 0 Å². The molecule has 0 aliphatic carbocycles. The van der Waals surface area contributed by atoms with E-state index in [1.165, 1.54) is 4.88 Å². The van der Waals surface area contributed by atoms with Crippen LogP contribution in [0.5, 0.6) is 0 Å². The molecule has 0 bridgehead atoms. The number of hydrogen-bond acceptors (Lipinski definition) is 4. The Kier molecular flexibility index (Phi) is 7.24. The van der Waals surface area contributed by atoms with Gasteiger partial charge in [0, 0.05) is 23.5 Å². The molecule has 3 aromatic rings. The van der Waals surface area contributed by atoms with Gasteiger partial charge in [0.15, 0.2) is 5.96 Å². The number of guanidine groups is 1. The summed E-state index contributed by atoms with van der Waals surface area (Å²) in [6.07, 6.45) is 2.96. The summed E-state index contributed by atoms with van der Waals surface area (Å²) in [6, 6.07) is 10.1. The molecule has 7 heteroatoms. The van der Waals surface area contributed by atoms with Crippen LogP contribution in [0.4, 0.5) is 0 Å². The first-order valence-corrected chi connectivity index (χ1v) is 8.90. The molecule has 0 saturated heterocycles.